The summed E-state index contributed by atoms with van der Waals surface area (Å²) >= 11 is 0. The predicted octanol–water partition coefficient (Wildman–Crippen LogP) is 6.00. The molecule has 4 rings (SSSR count). The van der Waals surface area contributed by atoms with E-state index in [1.807, 2.05) is 26.0 Å². The highest BCUT2D eigenvalue weighted by molar-refractivity contribution is 5.94. The summed E-state index contributed by atoms with van der Waals surface area (Å²) in [4.78, 5) is 19.1. The number of ether oxygens (including phenoxy) is 2. The number of alkyl halides is 3. The van der Waals surface area contributed by atoms with E-state index in [0.29, 0.717) is 53.8 Å². The van der Waals surface area contributed by atoms with Gasteiger partial charge in [0, 0.05) is 38.9 Å². The molecule has 0 bridgehead atoms. The number of halogens is 3. The van der Waals surface area contributed by atoms with Crippen molar-refractivity contribution in [1.82, 2.24) is 15.2 Å². The summed E-state index contributed by atoms with van der Waals surface area (Å²) in [7, 11) is 1.78. The molecule has 1 aromatic heterocycles. The van der Waals surface area contributed by atoms with Gasteiger partial charge < -0.3 is 20.1 Å². The maximum absolute atomic E-state index is 13.1. The third kappa shape index (κ3) is 7.24. The summed E-state index contributed by atoms with van der Waals surface area (Å²) in [6.45, 7) is 6.81. The van der Waals surface area contributed by atoms with E-state index in [-0.39, 0.29) is 11.9 Å². The number of piperidine rings is 1. The maximum atomic E-state index is 13.1. The monoisotopic (exact) mass is 556 g/mol. The molecule has 1 saturated heterocycles. The van der Waals surface area contributed by atoms with Crippen molar-refractivity contribution >= 4 is 11.7 Å². The van der Waals surface area contributed by atoms with Crippen LogP contribution >= 0.6 is 0 Å². The molecule has 1 fully saturated rings. The third-order valence-corrected chi connectivity index (χ3v) is 6.84. The van der Waals surface area contributed by atoms with E-state index in [1.54, 1.807) is 25.4 Å². The second kappa shape index (κ2) is 13.0. The minimum atomic E-state index is -4.40. The largest absolute Gasteiger partial charge is 0.493 e. The number of aromatic nitrogens is 1. The molecule has 1 aliphatic rings. The van der Waals surface area contributed by atoms with Crippen LogP contribution in [0.25, 0.3) is 11.1 Å². The van der Waals surface area contributed by atoms with Crippen molar-refractivity contribution in [2.75, 3.05) is 38.7 Å². The van der Waals surface area contributed by atoms with Gasteiger partial charge in [-0.25, -0.2) is 4.98 Å². The van der Waals surface area contributed by atoms with E-state index in [4.69, 9.17) is 9.47 Å². The van der Waals surface area contributed by atoms with Crippen LogP contribution in [0.5, 0.6) is 11.5 Å². The molecule has 0 atom stereocenters. The first-order valence-corrected chi connectivity index (χ1v) is 13.5. The number of benzene rings is 2. The molecule has 3 aromatic rings. The number of pyridine rings is 1. The van der Waals surface area contributed by atoms with Gasteiger partial charge in [-0.2, -0.15) is 13.2 Å². The van der Waals surface area contributed by atoms with Crippen molar-refractivity contribution in [3.05, 3.63) is 71.4 Å². The van der Waals surface area contributed by atoms with E-state index in [2.05, 4.69) is 20.5 Å². The van der Waals surface area contributed by atoms with Gasteiger partial charge in [-0.15, -0.1) is 0 Å². The van der Waals surface area contributed by atoms with Gasteiger partial charge in [-0.1, -0.05) is 12.1 Å². The molecule has 0 aliphatic carbocycles. The molecule has 10 heteroatoms. The lowest BCUT2D eigenvalue weighted by Gasteiger charge is -2.32. The quantitative estimate of drug-likeness (QED) is 0.319. The van der Waals surface area contributed by atoms with Crippen molar-refractivity contribution in [2.45, 2.75) is 45.5 Å². The summed E-state index contributed by atoms with van der Waals surface area (Å²) in [5.41, 5.74) is 2.05. The summed E-state index contributed by atoms with van der Waals surface area (Å²) in [5.74, 6) is 1.72. The molecule has 0 radical (unpaired) electrons. The smallest absolute Gasteiger partial charge is 0.416 e. The van der Waals surface area contributed by atoms with Gasteiger partial charge in [-0.05, 0) is 74.2 Å². The highest BCUT2D eigenvalue weighted by atomic mass is 19.4. The van der Waals surface area contributed by atoms with Gasteiger partial charge in [0.15, 0.2) is 0 Å². The number of nitrogens with zero attached hydrogens (tertiary/aromatic N) is 2. The molecule has 1 amide bonds. The normalized spacial score (nSPS) is 14.6. The standard InChI is InChI=1S/C30H35F3N4O3/c1-4-39-25-16-20(17-26(40-5-2)28(25)21-6-9-23(10-7-21)30(31,32)33)19-37-14-12-24(13-15-37)36-29(38)22-8-11-27(34-3)35-18-22/h6-11,16-18,24H,4-5,12-15,19H2,1-3H3,(H,34,35)(H,36,38). The Morgan fingerprint density at radius 1 is 1.00 bits per heavy atom. The molecule has 7 nitrogen and oxygen atoms in total. The van der Waals surface area contributed by atoms with Crippen LogP contribution in [0.2, 0.25) is 0 Å². The zero-order valence-corrected chi connectivity index (χ0v) is 23.0. The summed E-state index contributed by atoms with van der Waals surface area (Å²) in [6, 6.07) is 12.5. The van der Waals surface area contributed by atoms with E-state index in [9.17, 15) is 18.0 Å². The van der Waals surface area contributed by atoms with Crippen LogP contribution in [-0.2, 0) is 12.7 Å². The highest BCUT2D eigenvalue weighted by Gasteiger charge is 2.30. The van der Waals surface area contributed by atoms with Crippen LogP contribution in [0.1, 0.15) is 48.2 Å². The van der Waals surface area contributed by atoms with E-state index < -0.39 is 11.7 Å². The minimum Gasteiger partial charge on any atom is -0.493 e. The second-order valence-corrected chi connectivity index (χ2v) is 9.61. The van der Waals surface area contributed by atoms with Gasteiger partial charge in [-0.3, -0.25) is 9.69 Å². The van der Waals surface area contributed by atoms with E-state index in [0.717, 1.165) is 43.6 Å². The molecule has 0 spiro atoms. The SMILES string of the molecule is CCOc1cc(CN2CCC(NC(=O)c3ccc(NC)nc3)CC2)cc(OCC)c1-c1ccc(C(F)(F)F)cc1. The van der Waals surface area contributed by atoms with Crippen LogP contribution in [-0.4, -0.2) is 55.2 Å². The molecule has 1 aliphatic heterocycles. The number of likely N-dealkylation sites (tertiary alicyclic amines) is 1. The number of anilines is 1. The number of carbonyl (C=O) groups excluding carboxylic acids is 1. The van der Waals surface area contributed by atoms with E-state index in [1.165, 1.54) is 12.1 Å². The van der Waals surface area contributed by atoms with Crippen molar-refractivity contribution < 1.29 is 27.4 Å². The van der Waals surface area contributed by atoms with Crippen LogP contribution < -0.4 is 20.1 Å². The average molecular weight is 557 g/mol. The molecule has 214 valence electrons. The molecular weight excluding hydrogens is 521 g/mol. The Morgan fingerprint density at radius 3 is 2.12 bits per heavy atom. The second-order valence-electron chi connectivity index (χ2n) is 9.61. The van der Waals surface area contributed by atoms with Crippen molar-refractivity contribution in [2.24, 2.45) is 0 Å². The fourth-order valence-electron chi connectivity index (χ4n) is 4.82. The molecule has 40 heavy (non-hydrogen) atoms. The van der Waals surface area contributed by atoms with Gasteiger partial charge in [0.2, 0.25) is 0 Å². The topological polar surface area (TPSA) is 75.7 Å². The summed E-state index contributed by atoms with van der Waals surface area (Å²) in [5, 5.41) is 6.05. The Bertz CT molecular complexity index is 1250. The molecular formula is C30H35F3N4O3. The molecule has 0 unspecified atom stereocenters. The lowest BCUT2D eigenvalue weighted by molar-refractivity contribution is -0.137. The van der Waals surface area contributed by atoms with Crippen molar-refractivity contribution in [3.63, 3.8) is 0 Å². The Balaban J connectivity index is 1.45. The summed E-state index contributed by atoms with van der Waals surface area (Å²) in [6.07, 6.45) is -1.21. The van der Waals surface area contributed by atoms with Gasteiger partial charge in [0.1, 0.15) is 17.3 Å². The van der Waals surface area contributed by atoms with E-state index >= 15 is 0 Å². The Morgan fingerprint density at radius 2 is 1.62 bits per heavy atom. The number of hydrogen-bond donors (Lipinski definition) is 2. The fraction of sp³-hybridized carbons (Fsp3) is 0.400. The minimum absolute atomic E-state index is 0.0766. The fourth-order valence-corrected chi connectivity index (χ4v) is 4.82. The maximum Gasteiger partial charge on any atom is 0.416 e. The Hall–Kier alpha value is -3.79. The number of carbonyl (C=O) groups is 1. The first kappa shape index (κ1) is 29.2. The number of hydrogen-bond acceptors (Lipinski definition) is 6. The summed E-state index contributed by atoms with van der Waals surface area (Å²) < 4.78 is 51.2. The van der Waals surface area contributed by atoms with Gasteiger partial charge >= 0.3 is 6.18 Å². The van der Waals surface area contributed by atoms with Crippen LogP contribution in [0.3, 0.4) is 0 Å². The van der Waals surface area contributed by atoms with Crippen molar-refractivity contribution in [3.8, 4) is 22.6 Å². The predicted molar refractivity (Wildman–Crippen MR) is 149 cm³/mol. The lowest BCUT2D eigenvalue weighted by atomic mass is 9.98. The lowest BCUT2D eigenvalue weighted by Crippen LogP contribution is -2.44. The van der Waals surface area contributed by atoms with Gasteiger partial charge in [0.05, 0.1) is 29.9 Å². The zero-order valence-electron chi connectivity index (χ0n) is 23.0. The Labute approximate surface area is 232 Å². The third-order valence-electron chi connectivity index (χ3n) is 6.84. The molecule has 0 saturated carbocycles. The first-order valence-electron chi connectivity index (χ1n) is 13.5. The number of amides is 1. The van der Waals surface area contributed by atoms with Crippen LogP contribution in [0, 0.1) is 0 Å². The highest BCUT2D eigenvalue weighted by Crippen LogP contribution is 2.41. The van der Waals surface area contributed by atoms with Crippen molar-refractivity contribution in [1.29, 1.82) is 0 Å². The number of rotatable bonds is 10. The van der Waals surface area contributed by atoms with Crippen LogP contribution in [0.4, 0.5) is 19.0 Å². The average Bonchev–Trinajstić information content (AvgIpc) is 2.94. The first-order chi connectivity index (χ1) is 19.2. The van der Waals surface area contributed by atoms with Gasteiger partial charge in [0.25, 0.3) is 5.91 Å². The molecule has 2 aromatic carbocycles. The van der Waals surface area contributed by atoms with Crippen LogP contribution in [0.15, 0.2) is 54.7 Å². The molecule has 2 N–H and O–H groups in total. The zero-order chi connectivity index (χ0) is 28.7. The number of nitrogens with one attached hydrogen (secondary N) is 2. The molecule has 2 heterocycles. The Kier molecular flexibility index (Phi) is 9.52.